The molecule has 0 spiro atoms. The number of nitro groups is 1. The average molecular weight is 320 g/mol. The van der Waals surface area contributed by atoms with Gasteiger partial charge in [0.1, 0.15) is 5.25 Å². The topological polar surface area (TPSA) is 98.6 Å². The van der Waals surface area contributed by atoms with Gasteiger partial charge in [0.2, 0.25) is 6.54 Å². The molecule has 2 rings (SSSR count). The van der Waals surface area contributed by atoms with Crippen molar-refractivity contribution in [2.45, 2.75) is 10.1 Å². The van der Waals surface area contributed by atoms with Crippen LogP contribution in [0.15, 0.2) is 47.4 Å². The number of benzene rings is 2. The molecule has 0 aliphatic heterocycles. The number of ether oxygens (including phenoxy) is 1. The van der Waals surface area contributed by atoms with Crippen molar-refractivity contribution in [1.29, 1.82) is 0 Å². The maximum Gasteiger partial charge on any atom is 0.220 e. The van der Waals surface area contributed by atoms with Crippen LogP contribution in [-0.2, 0) is 0 Å². The largest absolute Gasteiger partial charge is 0.504 e. The first-order chi connectivity index (χ1) is 10.5. The van der Waals surface area contributed by atoms with Gasteiger partial charge in [-0.25, -0.2) is 0 Å². The van der Waals surface area contributed by atoms with E-state index >= 15 is 0 Å². The Balaban J connectivity index is 2.38. The summed E-state index contributed by atoms with van der Waals surface area (Å²) in [6, 6.07) is 12.1. The molecule has 2 aromatic rings. The van der Waals surface area contributed by atoms with Crippen LogP contribution in [0.4, 0.5) is 5.69 Å². The van der Waals surface area contributed by atoms with Crippen LogP contribution >= 0.6 is 11.8 Å². The lowest BCUT2D eigenvalue weighted by Crippen LogP contribution is -2.10. The van der Waals surface area contributed by atoms with Crippen molar-refractivity contribution in [1.82, 2.24) is 0 Å². The lowest BCUT2D eigenvalue weighted by Gasteiger charge is -2.17. The molecule has 0 saturated heterocycles. The maximum atomic E-state index is 11.0. The molecule has 2 aromatic carbocycles. The number of thioether (sulfide) groups is 1. The Morgan fingerprint density at radius 1 is 1.32 bits per heavy atom. The number of phenols is 1. The monoisotopic (exact) mass is 320 g/mol. The molecule has 0 radical (unpaired) electrons. The van der Waals surface area contributed by atoms with Crippen LogP contribution in [0.1, 0.15) is 10.8 Å². The van der Waals surface area contributed by atoms with Gasteiger partial charge >= 0.3 is 0 Å². The molecule has 7 heteroatoms. The number of nitrogens with two attached hydrogens (primary N) is 1. The van der Waals surface area contributed by atoms with Gasteiger partial charge in [0.05, 0.1) is 7.11 Å². The molecule has 0 bridgehead atoms. The minimum absolute atomic E-state index is 0.0844. The summed E-state index contributed by atoms with van der Waals surface area (Å²) in [7, 11) is 1.43. The Bertz CT molecular complexity index is 678. The molecular formula is C15H16N2O4S. The highest BCUT2D eigenvalue weighted by Gasteiger charge is 2.24. The Morgan fingerprint density at radius 2 is 2.05 bits per heavy atom. The Hall–Kier alpha value is -2.41. The zero-order chi connectivity index (χ0) is 16.1. The minimum atomic E-state index is -0.574. The summed E-state index contributed by atoms with van der Waals surface area (Å²) in [5, 5.41) is 20.6. The van der Waals surface area contributed by atoms with Crippen LogP contribution in [0.3, 0.4) is 0 Å². The van der Waals surface area contributed by atoms with Crippen molar-refractivity contribution in [3.05, 3.63) is 58.1 Å². The molecule has 0 saturated carbocycles. The first kappa shape index (κ1) is 16.0. The minimum Gasteiger partial charge on any atom is -0.504 e. The van der Waals surface area contributed by atoms with Crippen LogP contribution in [0, 0.1) is 10.1 Å². The molecule has 3 N–H and O–H groups in total. The first-order valence-electron chi connectivity index (χ1n) is 6.51. The van der Waals surface area contributed by atoms with E-state index in [-0.39, 0.29) is 18.0 Å². The zero-order valence-corrected chi connectivity index (χ0v) is 12.7. The van der Waals surface area contributed by atoms with Crippen molar-refractivity contribution in [2.75, 3.05) is 19.4 Å². The summed E-state index contributed by atoms with van der Waals surface area (Å²) in [5.41, 5.74) is 6.89. The highest BCUT2D eigenvalue weighted by atomic mass is 32.2. The van der Waals surface area contributed by atoms with Gasteiger partial charge in [-0.1, -0.05) is 24.3 Å². The molecule has 0 fully saturated rings. The number of aromatic hydroxyl groups is 1. The van der Waals surface area contributed by atoms with E-state index < -0.39 is 10.2 Å². The van der Waals surface area contributed by atoms with Crippen molar-refractivity contribution >= 4 is 17.4 Å². The Morgan fingerprint density at radius 3 is 2.68 bits per heavy atom. The summed E-state index contributed by atoms with van der Waals surface area (Å²) in [5.74, 6) is 0.200. The molecule has 0 aromatic heterocycles. The van der Waals surface area contributed by atoms with E-state index in [1.165, 1.54) is 18.9 Å². The summed E-state index contributed by atoms with van der Waals surface area (Å²) in [6.07, 6.45) is 0. The molecule has 0 aliphatic rings. The summed E-state index contributed by atoms with van der Waals surface area (Å²) < 4.78 is 5.06. The molecule has 1 atom stereocenters. The molecular weight excluding hydrogens is 304 g/mol. The van der Waals surface area contributed by atoms with Gasteiger partial charge in [0, 0.05) is 21.1 Å². The molecule has 0 aliphatic carbocycles. The van der Waals surface area contributed by atoms with Crippen LogP contribution in [0.5, 0.6) is 11.5 Å². The first-order valence-corrected chi connectivity index (χ1v) is 7.39. The highest BCUT2D eigenvalue weighted by molar-refractivity contribution is 7.99. The summed E-state index contributed by atoms with van der Waals surface area (Å²) >= 11 is 1.25. The summed E-state index contributed by atoms with van der Waals surface area (Å²) in [4.78, 5) is 11.3. The summed E-state index contributed by atoms with van der Waals surface area (Å²) in [6.45, 7) is -0.334. The van der Waals surface area contributed by atoms with E-state index in [1.54, 1.807) is 36.4 Å². The third kappa shape index (κ3) is 3.62. The molecule has 116 valence electrons. The molecule has 0 amide bonds. The van der Waals surface area contributed by atoms with E-state index in [4.69, 9.17) is 10.5 Å². The highest BCUT2D eigenvalue weighted by Crippen LogP contribution is 2.43. The zero-order valence-electron chi connectivity index (χ0n) is 11.9. The number of hydrogen-bond acceptors (Lipinski definition) is 6. The second-order valence-electron chi connectivity index (χ2n) is 4.56. The number of hydrogen-bond donors (Lipinski definition) is 2. The van der Waals surface area contributed by atoms with Gasteiger partial charge in [0.25, 0.3) is 0 Å². The van der Waals surface area contributed by atoms with Gasteiger partial charge in [-0.3, -0.25) is 10.1 Å². The van der Waals surface area contributed by atoms with Crippen molar-refractivity contribution in [3.63, 3.8) is 0 Å². The predicted molar refractivity (Wildman–Crippen MR) is 86.0 cm³/mol. The molecule has 22 heavy (non-hydrogen) atoms. The third-order valence-electron chi connectivity index (χ3n) is 3.10. The number of rotatable bonds is 6. The van der Waals surface area contributed by atoms with E-state index in [2.05, 4.69) is 0 Å². The van der Waals surface area contributed by atoms with E-state index in [0.29, 0.717) is 11.3 Å². The fourth-order valence-corrected chi connectivity index (χ4v) is 3.22. The Labute approximate surface area is 132 Å². The van der Waals surface area contributed by atoms with Crippen molar-refractivity contribution in [2.24, 2.45) is 0 Å². The van der Waals surface area contributed by atoms with Crippen LogP contribution < -0.4 is 10.5 Å². The smallest absolute Gasteiger partial charge is 0.220 e. The van der Waals surface area contributed by atoms with Crippen LogP contribution in [0.25, 0.3) is 0 Å². The van der Waals surface area contributed by atoms with Gasteiger partial charge in [-0.2, -0.15) is 0 Å². The third-order valence-corrected chi connectivity index (χ3v) is 4.41. The number of methoxy groups -OCH3 is 1. The number of nitrogens with zero attached hydrogens (tertiary/aromatic N) is 1. The van der Waals surface area contributed by atoms with E-state index in [1.807, 2.05) is 6.07 Å². The molecule has 1 unspecified atom stereocenters. The lowest BCUT2D eigenvalue weighted by molar-refractivity contribution is -0.479. The second-order valence-corrected chi connectivity index (χ2v) is 5.80. The standard InChI is InChI=1S/C15H16N2O4S/c1-21-12-7-4-5-10(15(12)18)14(9-17(19)20)22-13-8-3-2-6-11(13)16/h2-8,14,18H,9,16H2,1H3. The predicted octanol–water partition coefficient (Wildman–Crippen LogP) is 3.09. The number of anilines is 1. The Kier molecular flexibility index (Phi) is 5.11. The van der Waals surface area contributed by atoms with Crippen molar-refractivity contribution < 1.29 is 14.8 Å². The number of nitrogen functional groups attached to an aromatic ring is 1. The average Bonchev–Trinajstić information content (AvgIpc) is 2.48. The van der Waals surface area contributed by atoms with Crippen LogP contribution in [-0.4, -0.2) is 23.7 Å². The van der Waals surface area contributed by atoms with Gasteiger partial charge in [-0.15, -0.1) is 11.8 Å². The quantitative estimate of drug-likeness (QED) is 0.367. The number of para-hydroxylation sites is 2. The lowest BCUT2D eigenvalue weighted by atomic mass is 10.1. The van der Waals surface area contributed by atoms with E-state index in [0.717, 1.165) is 4.90 Å². The van der Waals surface area contributed by atoms with Gasteiger partial charge < -0.3 is 15.6 Å². The normalized spacial score (nSPS) is 11.9. The molecule has 0 heterocycles. The van der Waals surface area contributed by atoms with Gasteiger partial charge in [-0.05, 0) is 18.2 Å². The van der Waals surface area contributed by atoms with Gasteiger partial charge in [0.15, 0.2) is 11.5 Å². The van der Waals surface area contributed by atoms with Crippen LogP contribution in [0.2, 0.25) is 0 Å². The second kappa shape index (κ2) is 7.04. The van der Waals surface area contributed by atoms with Crippen molar-refractivity contribution in [3.8, 4) is 11.5 Å². The van der Waals surface area contributed by atoms with E-state index in [9.17, 15) is 15.2 Å². The SMILES string of the molecule is COc1cccc(C(C[N+](=O)[O-])Sc2ccccc2N)c1O. The maximum absolute atomic E-state index is 11.0. The number of phenolic OH excluding ortho intramolecular Hbond substituents is 1. The fourth-order valence-electron chi connectivity index (χ4n) is 2.04. The molecule has 6 nitrogen and oxygen atoms in total. The fraction of sp³-hybridized carbons (Fsp3) is 0.200.